The number of hydrogen-bond acceptors (Lipinski definition) is 4. The molecule has 138 valence electrons. The molecule has 1 aliphatic rings. The summed E-state index contributed by atoms with van der Waals surface area (Å²) in [6.45, 7) is 2.07. The van der Waals surface area contributed by atoms with E-state index in [1.807, 2.05) is 12.3 Å². The number of hydrogen-bond donors (Lipinski definition) is 1. The van der Waals surface area contributed by atoms with Gasteiger partial charge >= 0.3 is 0 Å². The van der Waals surface area contributed by atoms with Crippen molar-refractivity contribution in [1.82, 2.24) is 4.98 Å². The maximum Gasteiger partial charge on any atom is 0.264 e. The zero-order valence-electron chi connectivity index (χ0n) is 15.3. The van der Waals surface area contributed by atoms with E-state index >= 15 is 0 Å². The van der Waals surface area contributed by atoms with Crippen LogP contribution in [-0.4, -0.2) is 17.5 Å². The average Bonchev–Trinajstić information content (AvgIpc) is 3.30. The first-order chi connectivity index (χ1) is 13.2. The van der Waals surface area contributed by atoms with Gasteiger partial charge in [-0.25, -0.2) is 4.98 Å². The maximum atomic E-state index is 12.2. The van der Waals surface area contributed by atoms with Crippen LogP contribution in [0.4, 0.5) is 5.13 Å². The van der Waals surface area contributed by atoms with E-state index in [0.29, 0.717) is 5.13 Å². The number of carbonyl (C=O) groups excluding carboxylic acids is 1. The highest BCUT2D eigenvalue weighted by molar-refractivity contribution is 7.15. The molecule has 0 fully saturated rings. The normalized spacial score (nSPS) is 12.6. The van der Waals surface area contributed by atoms with Crippen molar-refractivity contribution >= 4 is 22.4 Å². The van der Waals surface area contributed by atoms with Gasteiger partial charge in [-0.05, 0) is 55.0 Å². The summed E-state index contributed by atoms with van der Waals surface area (Å²) in [5.74, 6) is 0.566. The van der Waals surface area contributed by atoms with Gasteiger partial charge in [-0.3, -0.25) is 10.1 Å². The number of ether oxygens (including phenoxy) is 1. The largest absolute Gasteiger partial charge is 0.484 e. The number of nitrogens with one attached hydrogen (secondary N) is 1. The molecule has 0 unspecified atom stereocenters. The number of anilines is 1. The molecule has 0 aliphatic heterocycles. The fourth-order valence-corrected chi connectivity index (χ4v) is 4.16. The lowest BCUT2D eigenvalue weighted by atomic mass is 10.1. The van der Waals surface area contributed by atoms with Gasteiger partial charge in [0.1, 0.15) is 5.75 Å². The van der Waals surface area contributed by atoms with E-state index in [1.54, 1.807) is 0 Å². The monoisotopic (exact) mass is 378 g/mol. The number of fused-ring (bicyclic) bond motifs is 1. The molecule has 3 aromatic rings. The third-order valence-electron chi connectivity index (χ3n) is 4.74. The second-order valence-corrected chi connectivity index (χ2v) is 8.03. The van der Waals surface area contributed by atoms with Crippen LogP contribution in [0.15, 0.2) is 48.7 Å². The van der Waals surface area contributed by atoms with Gasteiger partial charge in [0.25, 0.3) is 5.91 Å². The van der Waals surface area contributed by atoms with Gasteiger partial charge < -0.3 is 4.74 Å². The maximum absolute atomic E-state index is 12.2. The van der Waals surface area contributed by atoms with Crippen LogP contribution in [0, 0.1) is 6.92 Å². The molecule has 0 atom stereocenters. The Morgan fingerprint density at radius 3 is 2.81 bits per heavy atom. The van der Waals surface area contributed by atoms with Gasteiger partial charge in [-0.1, -0.05) is 35.9 Å². The van der Waals surface area contributed by atoms with Gasteiger partial charge in [0, 0.05) is 17.5 Å². The molecule has 0 spiro atoms. The molecule has 0 radical (unpaired) electrons. The second-order valence-electron chi connectivity index (χ2n) is 6.92. The summed E-state index contributed by atoms with van der Waals surface area (Å²) in [5.41, 5.74) is 5.23. The quantitative estimate of drug-likeness (QED) is 0.685. The fourth-order valence-electron chi connectivity index (χ4n) is 3.30. The van der Waals surface area contributed by atoms with Gasteiger partial charge in [0.2, 0.25) is 0 Å². The molecule has 1 heterocycles. The summed E-state index contributed by atoms with van der Waals surface area (Å²) in [5, 5.41) is 3.43. The minimum Gasteiger partial charge on any atom is -0.484 e. The molecule has 1 aliphatic carbocycles. The molecule has 1 N–H and O–H groups in total. The van der Waals surface area contributed by atoms with Crippen LogP contribution in [0.5, 0.6) is 5.75 Å². The number of aromatic nitrogens is 1. The van der Waals surface area contributed by atoms with Gasteiger partial charge in [0.15, 0.2) is 11.7 Å². The van der Waals surface area contributed by atoms with Crippen molar-refractivity contribution in [2.24, 2.45) is 0 Å². The van der Waals surface area contributed by atoms with Crippen LogP contribution in [0.1, 0.15) is 33.6 Å². The van der Waals surface area contributed by atoms with Crippen molar-refractivity contribution in [3.05, 3.63) is 75.8 Å². The Morgan fingerprint density at radius 1 is 1.15 bits per heavy atom. The SMILES string of the molecule is Cc1ccc(Cc2cnc(NC(=O)COc3ccc4c(c3)CCC4)s2)cc1. The molecule has 0 saturated heterocycles. The van der Waals surface area contributed by atoms with E-state index in [2.05, 4.69) is 53.6 Å². The number of rotatable bonds is 6. The van der Waals surface area contributed by atoms with Crippen molar-refractivity contribution in [3.63, 3.8) is 0 Å². The molecule has 1 amide bonds. The number of nitrogens with zero attached hydrogens (tertiary/aromatic N) is 1. The molecule has 0 bridgehead atoms. The number of aryl methyl sites for hydroxylation is 3. The van der Waals surface area contributed by atoms with Crippen molar-refractivity contribution < 1.29 is 9.53 Å². The van der Waals surface area contributed by atoms with Crippen LogP contribution >= 0.6 is 11.3 Å². The average molecular weight is 378 g/mol. The zero-order valence-corrected chi connectivity index (χ0v) is 16.1. The zero-order chi connectivity index (χ0) is 18.6. The van der Waals surface area contributed by atoms with E-state index in [1.165, 1.54) is 40.0 Å². The van der Waals surface area contributed by atoms with Crippen molar-refractivity contribution in [2.45, 2.75) is 32.6 Å². The second kappa shape index (κ2) is 7.92. The Labute approximate surface area is 163 Å². The molecule has 5 heteroatoms. The Hall–Kier alpha value is -2.66. The topological polar surface area (TPSA) is 51.2 Å². The molecular weight excluding hydrogens is 356 g/mol. The third-order valence-corrected chi connectivity index (χ3v) is 5.65. The Morgan fingerprint density at radius 2 is 1.96 bits per heavy atom. The highest BCUT2D eigenvalue weighted by Gasteiger charge is 2.12. The Kier molecular flexibility index (Phi) is 5.21. The standard InChI is InChI=1S/C22H22N2O2S/c1-15-5-7-16(8-6-15)11-20-13-23-22(27-20)24-21(25)14-26-19-10-9-17-3-2-4-18(17)12-19/h5-10,12-13H,2-4,11,14H2,1H3,(H,23,24,25). The van der Waals surface area contributed by atoms with E-state index in [4.69, 9.17) is 4.74 Å². The smallest absolute Gasteiger partial charge is 0.264 e. The lowest BCUT2D eigenvalue weighted by molar-refractivity contribution is -0.118. The molecule has 1 aromatic heterocycles. The first kappa shape index (κ1) is 17.7. The van der Waals surface area contributed by atoms with Crippen molar-refractivity contribution in [1.29, 1.82) is 0 Å². The van der Waals surface area contributed by atoms with Gasteiger partial charge in [0.05, 0.1) is 0 Å². The van der Waals surface area contributed by atoms with E-state index in [-0.39, 0.29) is 12.5 Å². The summed E-state index contributed by atoms with van der Waals surface area (Å²) in [6, 6.07) is 14.6. The van der Waals surface area contributed by atoms with Crippen LogP contribution in [0.2, 0.25) is 0 Å². The molecule has 2 aromatic carbocycles. The van der Waals surface area contributed by atoms with E-state index in [0.717, 1.165) is 29.9 Å². The summed E-state index contributed by atoms with van der Waals surface area (Å²) >= 11 is 1.50. The molecule has 0 saturated carbocycles. The number of carbonyl (C=O) groups is 1. The predicted molar refractivity (Wildman–Crippen MR) is 109 cm³/mol. The molecule has 4 nitrogen and oxygen atoms in total. The van der Waals surface area contributed by atoms with Crippen molar-refractivity contribution in [3.8, 4) is 5.75 Å². The molecule has 4 rings (SSSR count). The summed E-state index contributed by atoms with van der Waals surface area (Å²) < 4.78 is 5.64. The van der Waals surface area contributed by atoms with Crippen LogP contribution < -0.4 is 10.1 Å². The third kappa shape index (κ3) is 4.55. The minimum atomic E-state index is -0.188. The van der Waals surface area contributed by atoms with Crippen LogP contribution in [0.3, 0.4) is 0 Å². The summed E-state index contributed by atoms with van der Waals surface area (Å²) in [6.07, 6.45) is 6.09. The first-order valence-electron chi connectivity index (χ1n) is 9.20. The fraction of sp³-hybridized carbons (Fsp3) is 0.273. The molecule has 27 heavy (non-hydrogen) atoms. The minimum absolute atomic E-state index is 0.00827. The van der Waals surface area contributed by atoms with E-state index in [9.17, 15) is 4.79 Å². The Bertz CT molecular complexity index is 947. The van der Waals surface area contributed by atoms with Gasteiger partial charge in [-0.15, -0.1) is 11.3 Å². The summed E-state index contributed by atoms with van der Waals surface area (Å²) in [7, 11) is 0. The number of amides is 1. The highest BCUT2D eigenvalue weighted by Crippen LogP contribution is 2.26. The number of benzene rings is 2. The predicted octanol–water partition coefficient (Wildman–Crippen LogP) is 4.55. The molecular formula is C22H22N2O2S. The lowest BCUT2D eigenvalue weighted by Crippen LogP contribution is -2.20. The van der Waals surface area contributed by atoms with E-state index < -0.39 is 0 Å². The van der Waals surface area contributed by atoms with Crippen LogP contribution in [0.25, 0.3) is 0 Å². The highest BCUT2D eigenvalue weighted by atomic mass is 32.1. The first-order valence-corrected chi connectivity index (χ1v) is 10.0. The van der Waals surface area contributed by atoms with Crippen molar-refractivity contribution in [2.75, 3.05) is 11.9 Å². The Balaban J connectivity index is 1.29. The van der Waals surface area contributed by atoms with Crippen LogP contribution in [-0.2, 0) is 24.1 Å². The van der Waals surface area contributed by atoms with Gasteiger partial charge in [-0.2, -0.15) is 0 Å². The lowest BCUT2D eigenvalue weighted by Gasteiger charge is -2.07. The number of thiazole rings is 1. The summed E-state index contributed by atoms with van der Waals surface area (Å²) in [4.78, 5) is 17.6.